The first-order valence-corrected chi connectivity index (χ1v) is 6.34. The molecule has 18 heavy (non-hydrogen) atoms. The number of anilines is 1. The van der Waals surface area contributed by atoms with Gasteiger partial charge in [0.25, 0.3) is 0 Å². The van der Waals surface area contributed by atoms with Crippen molar-refractivity contribution in [3.8, 4) is 0 Å². The third-order valence-corrected chi connectivity index (χ3v) is 3.14. The van der Waals surface area contributed by atoms with E-state index in [0.717, 1.165) is 31.0 Å². The number of nitrogens with two attached hydrogens (primary N) is 1. The second-order valence-corrected chi connectivity index (χ2v) is 4.61. The normalized spacial score (nSPS) is 12.5. The van der Waals surface area contributed by atoms with Crippen LogP contribution in [0.2, 0.25) is 0 Å². The first kappa shape index (κ1) is 12.7. The summed E-state index contributed by atoms with van der Waals surface area (Å²) >= 11 is 0. The van der Waals surface area contributed by atoms with Gasteiger partial charge in [0.1, 0.15) is 5.76 Å². The molecule has 3 nitrogen and oxygen atoms in total. The minimum Gasteiger partial charge on any atom is -0.468 e. The van der Waals surface area contributed by atoms with Crippen LogP contribution in [-0.4, -0.2) is 6.54 Å². The molecule has 2 rings (SSSR count). The first-order valence-electron chi connectivity index (χ1n) is 6.34. The molecule has 0 fully saturated rings. The van der Waals surface area contributed by atoms with Crippen LogP contribution >= 0.6 is 0 Å². The van der Waals surface area contributed by atoms with Crippen LogP contribution in [0.15, 0.2) is 47.1 Å². The van der Waals surface area contributed by atoms with Crippen molar-refractivity contribution >= 4 is 5.69 Å². The molecular weight excluding hydrogens is 224 g/mol. The van der Waals surface area contributed by atoms with E-state index in [2.05, 4.69) is 24.4 Å². The molecule has 0 aliphatic carbocycles. The van der Waals surface area contributed by atoms with Crippen molar-refractivity contribution in [3.63, 3.8) is 0 Å². The Morgan fingerprint density at radius 2 is 2.00 bits per heavy atom. The topological polar surface area (TPSA) is 51.2 Å². The molecular formula is C15H20N2O. The highest BCUT2D eigenvalue weighted by atomic mass is 16.3. The van der Waals surface area contributed by atoms with Crippen molar-refractivity contribution < 1.29 is 4.42 Å². The van der Waals surface area contributed by atoms with Gasteiger partial charge in [-0.3, -0.25) is 0 Å². The number of nitrogen functional groups attached to an aromatic ring is 1. The molecule has 1 heterocycles. The largest absolute Gasteiger partial charge is 0.468 e. The Hall–Kier alpha value is -1.74. The van der Waals surface area contributed by atoms with Crippen LogP contribution in [0.4, 0.5) is 5.69 Å². The van der Waals surface area contributed by atoms with Gasteiger partial charge in [-0.1, -0.05) is 19.1 Å². The Kier molecular flexibility index (Phi) is 4.42. The van der Waals surface area contributed by atoms with Crippen LogP contribution in [0, 0.1) is 0 Å². The van der Waals surface area contributed by atoms with E-state index in [0.29, 0.717) is 5.92 Å². The molecule has 0 radical (unpaired) electrons. The minimum absolute atomic E-state index is 0.537. The van der Waals surface area contributed by atoms with E-state index in [-0.39, 0.29) is 0 Å². The maximum Gasteiger partial charge on any atom is 0.117 e. The van der Waals surface area contributed by atoms with Crippen LogP contribution in [0.25, 0.3) is 0 Å². The zero-order chi connectivity index (χ0) is 12.8. The summed E-state index contributed by atoms with van der Waals surface area (Å²) in [5.41, 5.74) is 7.84. The predicted molar refractivity (Wildman–Crippen MR) is 74.3 cm³/mol. The zero-order valence-electron chi connectivity index (χ0n) is 10.7. The van der Waals surface area contributed by atoms with E-state index in [4.69, 9.17) is 10.2 Å². The van der Waals surface area contributed by atoms with Crippen molar-refractivity contribution in [2.75, 3.05) is 12.3 Å². The summed E-state index contributed by atoms with van der Waals surface area (Å²) < 4.78 is 5.26. The maximum atomic E-state index is 5.68. The number of benzene rings is 1. The predicted octanol–water partition coefficient (Wildman–Crippen LogP) is 3.15. The van der Waals surface area contributed by atoms with Crippen LogP contribution in [-0.2, 0) is 6.54 Å². The summed E-state index contributed by atoms with van der Waals surface area (Å²) in [6.45, 7) is 4.01. The summed E-state index contributed by atoms with van der Waals surface area (Å²) in [7, 11) is 0. The summed E-state index contributed by atoms with van der Waals surface area (Å²) in [6, 6.07) is 12.0. The minimum atomic E-state index is 0.537. The van der Waals surface area contributed by atoms with E-state index in [9.17, 15) is 0 Å². The van der Waals surface area contributed by atoms with Gasteiger partial charge in [-0.15, -0.1) is 0 Å². The number of hydrogen-bond acceptors (Lipinski definition) is 3. The Labute approximate surface area is 108 Å². The van der Waals surface area contributed by atoms with Gasteiger partial charge in [-0.2, -0.15) is 0 Å². The second-order valence-electron chi connectivity index (χ2n) is 4.61. The molecule has 0 aliphatic heterocycles. The smallest absolute Gasteiger partial charge is 0.117 e. The molecule has 0 amide bonds. The van der Waals surface area contributed by atoms with Gasteiger partial charge in [0.2, 0.25) is 0 Å². The maximum absolute atomic E-state index is 5.68. The van der Waals surface area contributed by atoms with Crippen LogP contribution < -0.4 is 11.1 Å². The highest BCUT2D eigenvalue weighted by Crippen LogP contribution is 2.19. The molecule has 96 valence electrons. The molecule has 1 atom stereocenters. The Morgan fingerprint density at radius 3 is 2.67 bits per heavy atom. The Morgan fingerprint density at radius 1 is 1.22 bits per heavy atom. The molecule has 1 aromatic carbocycles. The first-order chi connectivity index (χ1) is 8.75. The zero-order valence-corrected chi connectivity index (χ0v) is 10.7. The van der Waals surface area contributed by atoms with Gasteiger partial charge >= 0.3 is 0 Å². The lowest BCUT2D eigenvalue weighted by molar-refractivity contribution is 0.476. The summed E-state index contributed by atoms with van der Waals surface area (Å²) in [6.07, 6.45) is 2.80. The fourth-order valence-electron chi connectivity index (χ4n) is 1.93. The third-order valence-electron chi connectivity index (χ3n) is 3.14. The van der Waals surface area contributed by atoms with Crippen LogP contribution in [0.1, 0.15) is 30.6 Å². The molecule has 0 spiro atoms. The van der Waals surface area contributed by atoms with Gasteiger partial charge in [-0.05, 0) is 48.7 Å². The van der Waals surface area contributed by atoms with Gasteiger partial charge in [0.15, 0.2) is 0 Å². The fourth-order valence-corrected chi connectivity index (χ4v) is 1.93. The molecule has 0 aliphatic rings. The summed E-state index contributed by atoms with van der Waals surface area (Å²) in [5.74, 6) is 1.52. The van der Waals surface area contributed by atoms with Crippen molar-refractivity contribution in [2.24, 2.45) is 0 Å². The highest BCUT2D eigenvalue weighted by Gasteiger charge is 2.04. The second kappa shape index (κ2) is 6.26. The van der Waals surface area contributed by atoms with E-state index >= 15 is 0 Å². The van der Waals surface area contributed by atoms with Gasteiger partial charge < -0.3 is 15.5 Å². The monoisotopic (exact) mass is 244 g/mol. The molecule has 0 saturated carbocycles. The molecule has 1 unspecified atom stereocenters. The molecule has 3 N–H and O–H groups in total. The molecule has 3 heteroatoms. The number of nitrogens with one attached hydrogen (secondary N) is 1. The van der Waals surface area contributed by atoms with Gasteiger partial charge in [-0.25, -0.2) is 0 Å². The highest BCUT2D eigenvalue weighted by molar-refractivity contribution is 5.40. The van der Waals surface area contributed by atoms with Gasteiger partial charge in [0, 0.05) is 5.69 Å². The average molecular weight is 244 g/mol. The van der Waals surface area contributed by atoms with Crippen LogP contribution in [0.3, 0.4) is 0 Å². The summed E-state index contributed by atoms with van der Waals surface area (Å²) in [4.78, 5) is 0. The quantitative estimate of drug-likeness (QED) is 0.606. The molecule has 0 bridgehead atoms. The van der Waals surface area contributed by atoms with Gasteiger partial charge in [0.05, 0.1) is 12.8 Å². The number of hydrogen-bond donors (Lipinski definition) is 2. The van der Waals surface area contributed by atoms with E-state index in [1.54, 1.807) is 6.26 Å². The fraction of sp³-hybridized carbons (Fsp3) is 0.333. The average Bonchev–Trinajstić information content (AvgIpc) is 2.88. The lowest BCUT2D eigenvalue weighted by Gasteiger charge is -2.12. The molecule has 2 aromatic rings. The van der Waals surface area contributed by atoms with Crippen molar-refractivity contribution in [3.05, 3.63) is 54.0 Å². The van der Waals surface area contributed by atoms with E-state index in [1.807, 2.05) is 24.3 Å². The van der Waals surface area contributed by atoms with E-state index in [1.165, 1.54) is 5.56 Å². The van der Waals surface area contributed by atoms with Crippen molar-refractivity contribution in [1.29, 1.82) is 0 Å². The SMILES string of the molecule is CC(CCNCc1ccco1)c1ccc(N)cc1. The summed E-state index contributed by atoms with van der Waals surface area (Å²) in [5, 5.41) is 3.38. The van der Waals surface area contributed by atoms with E-state index < -0.39 is 0 Å². The lowest BCUT2D eigenvalue weighted by atomic mass is 9.98. The van der Waals surface area contributed by atoms with Crippen LogP contribution in [0.5, 0.6) is 0 Å². The Bertz CT molecular complexity index is 448. The van der Waals surface area contributed by atoms with Crippen molar-refractivity contribution in [1.82, 2.24) is 5.32 Å². The molecule has 1 aromatic heterocycles. The standard InChI is InChI=1S/C15H20N2O/c1-12(13-4-6-14(16)7-5-13)8-9-17-11-15-3-2-10-18-15/h2-7,10,12,17H,8-9,11,16H2,1H3. The third kappa shape index (κ3) is 3.64. The molecule has 0 saturated heterocycles. The van der Waals surface area contributed by atoms with Crippen molar-refractivity contribution in [2.45, 2.75) is 25.8 Å². The Balaban J connectivity index is 1.71. The number of furan rings is 1. The lowest BCUT2D eigenvalue weighted by Crippen LogP contribution is -2.16. The number of rotatable bonds is 6.